The van der Waals surface area contributed by atoms with E-state index in [0.29, 0.717) is 17.6 Å². The number of hydrogen-bond acceptors (Lipinski definition) is 1. The second-order valence-corrected chi connectivity index (χ2v) is 3.69. The standard InChI is InChI=1S/C9H14O/c1-2-6-3-4-7-5-8(7)9(6)10/h6-8H,2-5H2,1H3/t6-,7-,8+/m1/s1. The van der Waals surface area contributed by atoms with Gasteiger partial charge in [-0.05, 0) is 31.6 Å². The maximum absolute atomic E-state index is 11.4. The van der Waals surface area contributed by atoms with Crippen LogP contribution in [-0.2, 0) is 4.79 Å². The summed E-state index contributed by atoms with van der Waals surface area (Å²) in [5, 5.41) is 0. The fourth-order valence-electron chi connectivity index (χ4n) is 2.18. The van der Waals surface area contributed by atoms with E-state index in [2.05, 4.69) is 6.92 Å². The normalized spacial score (nSPS) is 44.9. The topological polar surface area (TPSA) is 17.1 Å². The van der Waals surface area contributed by atoms with Crippen LogP contribution in [0.5, 0.6) is 0 Å². The summed E-state index contributed by atoms with van der Waals surface area (Å²) in [5.74, 6) is 2.34. The summed E-state index contributed by atoms with van der Waals surface area (Å²) in [6.45, 7) is 2.13. The molecule has 0 aromatic heterocycles. The van der Waals surface area contributed by atoms with Crippen molar-refractivity contribution in [2.24, 2.45) is 17.8 Å². The lowest BCUT2D eigenvalue weighted by Gasteiger charge is -2.17. The summed E-state index contributed by atoms with van der Waals surface area (Å²) in [7, 11) is 0. The number of rotatable bonds is 1. The van der Waals surface area contributed by atoms with Crippen LogP contribution < -0.4 is 0 Å². The molecule has 1 nitrogen and oxygen atoms in total. The van der Waals surface area contributed by atoms with Gasteiger partial charge in [-0.15, -0.1) is 0 Å². The van der Waals surface area contributed by atoms with Crippen molar-refractivity contribution in [1.82, 2.24) is 0 Å². The van der Waals surface area contributed by atoms with Gasteiger partial charge in [0.2, 0.25) is 0 Å². The van der Waals surface area contributed by atoms with E-state index in [9.17, 15) is 4.79 Å². The Bertz CT molecular complexity index is 162. The summed E-state index contributed by atoms with van der Waals surface area (Å²) < 4.78 is 0. The van der Waals surface area contributed by atoms with E-state index in [1.54, 1.807) is 0 Å². The van der Waals surface area contributed by atoms with Gasteiger partial charge in [0.05, 0.1) is 0 Å². The summed E-state index contributed by atoms with van der Waals surface area (Å²) in [5.41, 5.74) is 0. The number of hydrogen-bond donors (Lipinski definition) is 0. The maximum atomic E-state index is 11.4. The first-order valence-electron chi connectivity index (χ1n) is 4.36. The number of fused-ring (bicyclic) bond motifs is 1. The van der Waals surface area contributed by atoms with E-state index >= 15 is 0 Å². The Balaban J connectivity index is 2.04. The van der Waals surface area contributed by atoms with Crippen molar-refractivity contribution in [3.63, 3.8) is 0 Å². The summed E-state index contributed by atoms with van der Waals surface area (Å²) >= 11 is 0. The molecule has 0 amide bonds. The highest BCUT2D eigenvalue weighted by atomic mass is 16.1. The van der Waals surface area contributed by atoms with Crippen molar-refractivity contribution in [2.75, 3.05) is 0 Å². The van der Waals surface area contributed by atoms with Crippen molar-refractivity contribution >= 4 is 5.78 Å². The quantitative estimate of drug-likeness (QED) is 0.541. The molecule has 56 valence electrons. The van der Waals surface area contributed by atoms with E-state index in [-0.39, 0.29) is 0 Å². The van der Waals surface area contributed by atoms with Gasteiger partial charge >= 0.3 is 0 Å². The molecule has 0 aromatic rings. The smallest absolute Gasteiger partial charge is 0.139 e. The van der Waals surface area contributed by atoms with E-state index in [0.717, 1.165) is 12.3 Å². The van der Waals surface area contributed by atoms with Crippen LogP contribution in [0, 0.1) is 17.8 Å². The Morgan fingerprint density at radius 1 is 1.50 bits per heavy atom. The first-order valence-corrected chi connectivity index (χ1v) is 4.36. The van der Waals surface area contributed by atoms with Crippen LogP contribution in [0.25, 0.3) is 0 Å². The van der Waals surface area contributed by atoms with Crippen molar-refractivity contribution in [3.8, 4) is 0 Å². The molecule has 2 fully saturated rings. The Morgan fingerprint density at radius 2 is 2.30 bits per heavy atom. The Labute approximate surface area is 61.8 Å². The third kappa shape index (κ3) is 0.799. The van der Waals surface area contributed by atoms with Gasteiger partial charge in [-0.2, -0.15) is 0 Å². The highest BCUT2D eigenvalue weighted by Crippen LogP contribution is 2.49. The van der Waals surface area contributed by atoms with Gasteiger partial charge in [-0.25, -0.2) is 0 Å². The number of Topliss-reactive ketones (excluding diaryl/α,β-unsaturated/α-hetero) is 1. The molecule has 0 heterocycles. The summed E-state index contributed by atoms with van der Waals surface area (Å²) in [4.78, 5) is 11.4. The molecule has 0 spiro atoms. The highest BCUT2D eigenvalue weighted by Gasteiger charge is 2.47. The van der Waals surface area contributed by atoms with E-state index in [4.69, 9.17) is 0 Å². The Kier molecular flexibility index (Phi) is 1.33. The molecule has 10 heavy (non-hydrogen) atoms. The number of carbonyl (C=O) groups excluding carboxylic acids is 1. The molecule has 0 bridgehead atoms. The predicted molar refractivity (Wildman–Crippen MR) is 39.6 cm³/mol. The molecule has 0 unspecified atom stereocenters. The first-order chi connectivity index (χ1) is 4.83. The first kappa shape index (κ1) is 6.38. The molecule has 3 atom stereocenters. The molecule has 0 aromatic carbocycles. The van der Waals surface area contributed by atoms with Gasteiger partial charge in [-0.3, -0.25) is 4.79 Å². The average Bonchev–Trinajstić information content (AvgIpc) is 2.68. The Hall–Kier alpha value is -0.330. The van der Waals surface area contributed by atoms with Crippen LogP contribution in [-0.4, -0.2) is 5.78 Å². The highest BCUT2D eigenvalue weighted by molar-refractivity contribution is 5.86. The second-order valence-electron chi connectivity index (χ2n) is 3.69. The lowest BCUT2D eigenvalue weighted by Crippen LogP contribution is -2.20. The van der Waals surface area contributed by atoms with Crippen LogP contribution in [0.1, 0.15) is 32.6 Å². The minimum Gasteiger partial charge on any atom is -0.299 e. The molecule has 0 N–H and O–H groups in total. The number of carbonyl (C=O) groups is 1. The van der Waals surface area contributed by atoms with Gasteiger partial charge in [-0.1, -0.05) is 6.92 Å². The minimum absolute atomic E-state index is 0.434. The Morgan fingerprint density at radius 3 is 3.00 bits per heavy atom. The fraction of sp³-hybridized carbons (Fsp3) is 0.889. The molecule has 2 rings (SSSR count). The summed E-state index contributed by atoms with van der Waals surface area (Å²) in [6, 6.07) is 0. The largest absolute Gasteiger partial charge is 0.299 e. The molecular weight excluding hydrogens is 124 g/mol. The molecule has 0 aliphatic heterocycles. The predicted octanol–water partition coefficient (Wildman–Crippen LogP) is 2.01. The van der Waals surface area contributed by atoms with Crippen LogP contribution >= 0.6 is 0 Å². The van der Waals surface area contributed by atoms with Gasteiger partial charge < -0.3 is 0 Å². The van der Waals surface area contributed by atoms with Crippen LogP contribution in [0.15, 0.2) is 0 Å². The number of ketones is 1. The molecule has 0 saturated heterocycles. The second kappa shape index (κ2) is 2.08. The zero-order chi connectivity index (χ0) is 7.14. The lowest BCUT2D eigenvalue weighted by atomic mass is 9.86. The van der Waals surface area contributed by atoms with Gasteiger partial charge in [0.1, 0.15) is 5.78 Å². The third-order valence-corrected chi connectivity index (χ3v) is 3.07. The molecule has 2 saturated carbocycles. The molecular formula is C9H14O. The van der Waals surface area contributed by atoms with E-state index in [1.165, 1.54) is 19.3 Å². The van der Waals surface area contributed by atoms with Crippen molar-refractivity contribution in [3.05, 3.63) is 0 Å². The maximum Gasteiger partial charge on any atom is 0.139 e. The fourth-order valence-corrected chi connectivity index (χ4v) is 2.18. The van der Waals surface area contributed by atoms with E-state index < -0.39 is 0 Å². The molecule has 0 radical (unpaired) electrons. The zero-order valence-electron chi connectivity index (χ0n) is 6.47. The lowest BCUT2D eigenvalue weighted by molar-refractivity contribution is -0.125. The van der Waals surface area contributed by atoms with Crippen molar-refractivity contribution < 1.29 is 4.79 Å². The SMILES string of the molecule is CC[C@@H]1CC[C@@H]2C[C@@H]2C1=O. The molecule has 2 aliphatic rings. The van der Waals surface area contributed by atoms with Crippen molar-refractivity contribution in [2.45, 2.75) is 32.6 Å². The molecule has 1 heteroatoms. The minimum atomic E-state index is 0.434. The van der Waals surface area contributed by atoms with Crippen molar-refractivity contribution in [1.29, 1.82) is 0 Å². The van der Waals surface area contributed by atoms with Gasteiger partial charge in [0.25, 0.3) is 0 Å². The van der Waals surface area contributed by atoms with Crippen LogP contribution in [0.4, 0.5) is 0 Å². The van der Waals surface area contributed by atoms with Gasteiger partial charge in [0, 0.05) is 11.8 Å². The zero-order valence-corrected chi connectivity index (χ0v) is 6.47. The van der Waals surface area contributed by atoms with Gasteiger partial charge in [0.15, 0.2) is 0 Å². The van der Waals surface area contributed by atoms with Crippen LogP contribution in [0.2, 0.25) is 0 Å². The summed E-state index contributed by atoms with van der Waals surface area (Å²) in [6.07, 6.45) is 4.79. The van der Waals surface area contributed by atoms with E-state index in [1.807, 2.05) is 0 Å². The monoisotopic (exact) mass is 138 g/mol. The molecule has 2 aliphatic carbocycles. The average molecular weight is 138 g/mol. The van der Waals surface area contributed by atoms with Crippen LogP contribution in [0.3, 0.4) is 0 Å². The third-order valence-electron chi connectivity index (χ3n) is 3.07.